The Morgan fingerprint density at radius 2 is 2.10 bits per heavy atom. The van der Waals surface area contributed by atoms with Gasteiger partial charge in [-0.25, -0.2) is 4.68 Å². The average molecular weight is 331 g/mol. The predicted octanol–water partition coefficient (Wildman–Crippen LogP) is 2.14. The van der Waals surface area contributed by atoms with Crippen LogP contribution in [-0.2, 0) is 16.1 Å². The number of nitrogens with zero attached hydrogens (tertiary/aromatic N) is 4. The van der Waals surface area contributed by atoms with Crippen LogP contribution in [0.25, 0.3) is 11.4 Å². The molecular weight excluding hydrogens is 319 g/mol. The molecule has 0 bridgehead atoms. The largest absolute Gasteiger partial charge is 0.481 e. The van der Waals surface area contributed by atoms with E-state index >= 15 is 0 Å². The van der Waals surface area contributed by atoms with Gasteiger partial charge in [-0.1, -0.05) is 29.3 Å². The van der Waals surface area contributed by atoms with Crippen LogP contribution in [0.4, 0.5) is 0 Å². The molecule has 0 spiro atoms. The van der Waals surface area contributed by atoms with Crippen molar-refractivity contribution in [3.8, 4) is 11.4 Å². The highest BCUT2D eigenvalue weighted by Crippen LogP contribution is 2.32. The molecule has 1 heterocycles. The fraction of sp³-hybridized carbons (Fsp3) is 0.333. The summed E-state index contributed by atoms with van der Waals surface area (Å²) in [6, 6.07) is 5.06. The summed E-state index contributed by atoms with van der Waals surface area (Å²) >= 11 is 12.3. The van der Waals surface area contributed by atoms with Gasteiger partial charge in [0, 0.05) is 7.11 Å². The van der Waals surface area contributed by atoms with Crippen molar-refractivity contribution in [2.24, 2.45) is 0 Å². The molecule has 2 aromatic rings. The lowest BCUT2D eigenvalue weighted by Crippen LogP contribution is -2.23. The number of aliphatic carboxylic acids is 1. The lowest BCUT2D eigenvalue weighted by atomic mass is 10.2. The van der Waals surface area contributed by atoms with Crippen molar-refractivity contribution in [3.05, 3.63) is 28.2 Å². The highest BCUT2D eigenvalue weighted by Gasteiger charge is 2.20. The summed E-state index contributed by atoms with van der Waals surface area (Å²) < 4.78 is 6.54. The maximum absolute atomic E-state index is 10.8. The van der Waals surface area contributed by atoms with Gasteiger partial charge in [0.25, 0.3) is 0 Å². The minimum atomic E-state index is -0.966. The van der Waals surface area contributed by atoms with Gasteiger partial charge in [-0.05, 0) is 22.6 Å². The molecule has 1 N–H and O–H groups in total. The summed E-state index contributed by atoms with van der Waals surface area (Å²) in [5, 5.41) is 21.0. The van der Waals surface area contributed by atoms with E-state index in [0.717, 1.165) is 0 Å². The van der Waals surface area contributed by atoms with Gasteiger partial charge in [-0.2, -0.15) is 0 Å². The molecular formula is C12H12Cl2N4O3. The third-order valence-corrected chi connectivity index (χ3v) is 3.46. The molecule has 7 nitrogen and oxygen atoms in total. The Bertz CT molecular complexity index is 627. The van der Waals surface area contributed by atoms with Gasteiger partial charge < -0.3 is 9.84 Å². The molecule has 9 heteroatoms. The van der Waals surface area contributed by atoms with Crippen LogP contribution in [0.15, 0.2) is 18.2 Å². The lowest BCUT2D eigenvalue weighted by molar-refractivity contribution is -0.139. The highest BCUT2D eigenvalue weighted by molar-refractivity contribution is 6.38. The maximum Gasteiger partial charge on any atom is 0.306 e. The highest BCUT2D eigenvalue weighted by atomic mass is 35.5. The van der Waals surface area contributed by atoms with Crippen molar-refractivity contribution >= 4 is 29.2 Å². The Labute approximate surface area is 130 Å². The SMILES string of the molecule is COC(CC(=O)O)Cn1nnnc1-c1c(Cl)cccc1Cl. The third-order valence-electron chi connectivity index (χ3n) is 2.83. The molecule has 0 fully saturated rings. The zero-order valence-electron chi connectivity index (χ0n) is 11.0. The molecule has 0 saturated heterocycles. The monoisotopic (exact) mass is 330 g/mol. The van der Waals surface area contributed by atoms with Crippen molar-refractivity contribution in [2.75, 3.05) is 7.11 Å². The van der Waals surface area contributed by atoms with Gasteiger partial charge in [0.1, 0.15) is 0 Å². The number of carboxylic acids is 1. The molecule has 0 amide bonds. The zero-order valence-corrected chi connectivity index (χ0v) is 12.5. The van der Waals surface area contributed by atoms with Crippen LogP contribution in [-0.4, -0.2) is 44.5 Å². The molecule has 21 heavy (non-hydrogen) atoms. The average Bonchev–Trinajstić information content (AvgIpc) is 2.85. The Kier molecular flexibility index (Phi) is 5.11. The van der Waals surface area contributed by atoms with E-state index in [-0.39, 0.29) is 13.0 Å². The first-order valence-corrected chi connectivity index (χ1v) is 6.73. The van der Waals surface area contributed by atoms with E-state index < -0.39 is 12.1 Å². The van der Waals surface area contributed by atoms with E-state index in [1.54, 1.807) is 18.2 Å². The number of benzene rings is 1. The van der Waals surface area contributed by atoms with Crippen LogP contribution in [0.2, 0.25) is 10.0 Å². The normalized spacial score (nSPS) is 12.3. The Hall–Kier alpha value is -1.70. The summed E-state index contributed by atoms with van der Waals surface area (Å²) in [5.41, 5.74) is 0.496. The molecule has 0 aliphatic heterocycles. The van der Waals surface area contributed by atoms with E-state index in [0.29, 0.717) is 21.4 Å². The predicted molar refractivity (Wildman–Crippen MR) is 76.3 cm³/mol. The van der Waals surface area contributed by atoms with Gasteiger partial charge in [0.15, 0.2) is 5.82 Å². The van der Waals surface area contributed by atoms with Crippen LogP contribution in [0, 0.1) is 0 Å². The molecule has 1 atom stereocenters. The molecule has 0 aliphatic rings. The summed E-state index contributed by atoms with van der Waals surface area (Å²) in [4.78, 5) is 10.8. The van der Waals surface area contributed by atoms with Crippen LogP contribution < -0.4 is 0 Å². The number of hydrogen-bond donors (Lipinski definition) is 1. The fourth-order valence-corrected chi connectivity index (χ4v) is 2.39. The minimum absolute atomic E-state index is 0.161. The second-order valence-corrected chi connectivity index (χ2v) is 5.05. The van der Waals surface area contributed by atoms with E-state index in [2.05, 4.69) is 15.5 Å². The number of carboxylic acid groups (broad SMARTS) is 1. The van der Waals surface area contributed by atoms with Gasteiger partial charge >= 0.3 is 5.97 Å². The minimum Gasteiger partial charge on any atom is -0.481 e. The number of ether oxygens (including phenoxy) is 1. The lowest BCUT2D eigenvalue weighted by Gasteiger charge is -2.14. The Morgan fingerprint density at radius 3 is 2.67 bits per heavy atom. The summed E-state index contributed by atoms with van der Waals surface area (Å²) in [5.74, 6) is -0.606. The van der Waals surface area contributed by atoms with E-state index in [9.17, 15) is 4.79 Å². The summed E-state index contributed by atoms with van der Waals surface area (Å²) in [6.07, 6.45) is -0.725. The first-order chi connectivity index (χ1) is 10.0. The number of hydrogen-bond acceptors (Lipinski definition) is 5. The number of carbonyl (C=O) groups is 1. The maximum atomic E-state index is 10.8. The fourth-order valence-electron chi connectivity index (χ4n) is 1.83. The first-order valence-electron chi connectivity index (χ1n) is 5.98. The van der Waals surface area contributed by atoms with Gasteiger partial charge in [0.05, 0.1) is 34.7 Å². The first kappa shape index (κ1) is 15.7. The van der Waals surface area contributed by atoms with Crippen LogP contribution in [0.1, 0.15) is 6.42 Å². The smallest absolute Gasteiger partial charge is 0.306 e. The van der Waals surface area contributed by atoms with Crippen LogP contribution in [0.3, 0.4) is 0 Å². The molecule has 112 valence electrons. The molecule has 1 aromatic heterocycles. The summed E-state index contributed by atoms with van der Waals surface area (Å²) in [6.45, 7) is 0.173. The summed E-state index contributed by atoms with van der Waals surface area (Å²) in [7, 11) is 1.43. The number of halogens is 2. The molecule has 0 saturated carbocycles. The molecule has 0 radical (unpaired) electrons. The van der Waals surface area contributed by atoms with E-state index in [4.69, 9.17) is 33.0 Å². The van der Waals surface area contributed by atoms with Gasteiger partial charge in [0.2, 0.25) is 0 Å². The number of methoxy groups -OCH3 is 1. The van der Waals surface area contributed by atoms with Gasteiger partial charge in [-0.3, -0.25) is 4.79 Å². The number of tetrazole rings is 1. The van der Waals surface area contributed by atoms with Crippen molar-refractivity contribution in [1.82, 2.24) is 20.2 Å². The molecule has 1 aromatic carbocycles. The second-order valence-electron chi connectivity index (χ2n) is 4.24. The van der Waals surface area contributed by atoms with Crippen LogP contribution >= 0.6 is 23.2 Å². The third kappa shape index (κ3) is 3.69. The van der Waals surface area contributed by atoms with Gasteiger partial charge in [-0.15, -0.1) is 5.10 Å². The van der Waals surface area contributed by atoms with Crippen molar-refractivity contribution < 1.29 is 14.6 Å². The number of aromatic nitrogens is 4. The Balaban J connectivity index is 2.32. The molecule has 1 unspecified atom stereocenters. The molecule has 0 aliphatic carbocycles. The zero-order chi connectivity index (χ0) is 15.4. The van der Waals surface area contributed by atoms with E-state index in [1.807, 2.05) is 0 Å². The number of rotatable bonds is 6. The molecule has 2 rings (SSSR count). The quantitative estimate of drug-likeness (QED) is 0.872. The second kappa shape index (κ2) is 6.84. The van der Waals surface area contributed by atoms with Crippen molar-refractivity contribution in [2.45, 2.75) is 19.1 Å². The van der Waals surface area contributed by atoms with Crippen molar-refractivity contribution in [1.29, 1.82) is 0 Å². The standard InChI is InChI=1S/C12H12Cl2N4O3/c1-21-7(5-10(19)20)6-18-12(15-16-17-18)11-8(13)3-2-4-9(11)14/h2-4,7H,5-6H2,1H3,(H,19,20). The topological polar surface area (TPSA) is 90.1 Å². The van der Waals surface area contributed by atoms with Crippen molar-refractivity contribution in [3.63, 3.8) is 0 Å². The van der Waals surface area contributed by atoms with E-state index in [1.165, 1.54) is 11.8 Å². The van der Waals surface area contributed by atoms with Crippen LogP contribution in [0.5, 0.6) is 0 Å². The Morgan fingerprint density at radius 1 is 1.43 bits per heavy atom.